The first-order valence-electron chi connectivity index (χ1n) is 6.25. The third-order valence-corrected chi connectivity index (χ3v) is 2.91. The molecule has 4 nitrogen and oxygen atoms in total. The molecule has 3 aromatic rings. The summed E-state index contributed by atoms with van der Waals surface area (Å²) in [5.41, 5.74) is 0.642. The second-order valence-electron chi connectivity index (χ2n) is 4.27. The highest BCUT2D eigenvalue weighted by molar-refractivity contribution is 5.84. The van der Waals surface area contributed by atoms with Crippen LogP contribution in [0.3, 0.4) is 0 Å². The van der Waals surface area contributed by atoms with Gasteiger partial charge in [0.25, 0.3) is 0 Å². The monoisotopic (exact) mass is 287 g/mol. The Labute approximate surface area is 119 Å². The van der Waals surface area contributed by atoms with Gasteiger partial charge >= 0.3 is 0 Å². The summed E-state index contributed by atoms with van der Waals surface area (Å²) in [6.45, 7) is 0. The second kappa shape index (κ2) is 5.32. The molecule has 6 heteroatoms. The fraction of sp³-hybridized carbons (Fsp3) is 0.0667. The number of anilines is 1. The number of nitrogens with zero attached hydrogens (tertiary/aromatic N) is 2. The molecule has 21 heavy (non-hydrogen) atoms. The van der Waals surface area contributed by atoms with Crippen LogP contribution in [0.5, 0.6) is 11.6 Å². The second-order valence-corrected chi connectivity index (χ2v) is 4.27. The van der Waals surface area contributed by atoms with Gasteiger partial charge < -0.3 is 10.1 Å². The van der Waals surface area contributed by atoms with Crippen LogP contribution in [0.4, 0.5) is 14.7 Å². The molecule has 106 valence electrons. The van der Waals surface area contributed by atoms with Gasteiger partial charge in [-0.2, -0.15) is 9.37 Å². The third kappa shape index (κ3) is 2.47. The molecular formula is C15H11F2N3O. The minimum Gasteiger partial charge on any atom is -0.435 e. The van der Waals surface area contributed by atoms with Gasteiger partial charge in [-0.05, 0) is 24.3 Å². The van der Waals surface area contributed by atoms with Gasteiger partial charge in [-0.15, -0.1) is 0 Å². The van der Waals surface area contributed by atoms with E-state index in [2.05, 4.69) is 15.3 Å². The van der Waals surface area contributed by atoms with E-state index in [1.807, 2.05) is 6.07 Å². The molecule has 0 saturated carbocycles. The zero-order chi connectivity index (χ0) is 14.8. The lowest BCUT2D eigenvalue weighted by atomic mass is 10.2. The average Bonchev–Trinajstić information content (AvgIpc) is 2.51. The first-order valence-corrected chi connectivity index (χ1v) is 6.25. The summed E-state index contributed by atoms with van der Waals surface area (Å²) in [6, 6.07) is 10.9. The summed E-state index contributed by atoms with van der Waals surface area (Å²) < 4.78 is 32.4. The molecule has 0 aliphatic carbocycles. The van der Waals surface area contributed by atoms with Crippen molar-refractivity contribution in [1.82, 2.24) is 9.97 Å². The van der Waals surface area contributed by atoms with E-state index in [4.69, 9.17) is 4.74 Å². The molecule has 0 spiro atoms. The standard InChI is InChI=1S/C15H11F2N3O/c1-18-15-19-11-7-3-2-5-9(11)14(20-15)21-12-8-4-6-10(16)13(12)17/h2-8H,1H3,(H,18,19,20). The van der Waals surface area contributed by atoms with E-state index in [0.29, 0.717) is 16.9 Å². The lowest BCUT2D eigenvalue weighted by Gasteiger charge is -2.10. The number of rotatable bonds is 3. The minimum absolute atomic E-state index is 0.162. The fourth-order valence-electron chi connectivity index (χ4n) is 1.90. The van der Waals surface area contributed by atoms with Crippen molar-refractivity contribution in [2.45, 2.75) is 0 Å². The molecule has 2 aromatic carbocycles. The third-order valence-electron chi connectivity index (χ3n) is 2.91. The molecule has 0 aliphatic rings. The number of aromatic nitrogens is 2. The van der Waals surface area contributed by atoms with Gasteiger partial charge in [0.05, 0.1) is 10.9 Å². The quantitative estimate of drug-likeness (QED) is 0.797. The highest BCUT2D eigenvalue weighted by Gasteiger charge is 2.13. The van der Waals surface area contributed by atoms with E-state index in [1.54, 1.807) is 25.2 Å². The van der Waals surface area contributed by atoms with Gasteiger partial charge in [-0.25, -0.2) is 9.37 Å². The summed E-state index contributed by atoms with van der Waals surface area (Å²) in [6.07, 6.45) is 0. The van der Waals surface area contributed by atoms with Crippen molar-refractivity contribution in [3.63, 3.8) is 0 Å². The largest absolute Gasteiger partial charge is 0.435 e. The highest BCUT2D eigenvalue weighted by Crippen LogP contribution is 2.30. The Morgan fingerprint density at radius 1 is 1.00 bits per heavy atom. The van der Waals surface area contributed by atoms with Crippen LogP contribution in [-0.4, -0.2) is 17.0 Å². The molecule has 0 bridgehead atoms. The van der Waals surface area contributed by atoms with Crippen molar-refractivity contribution >= 4 is 16.9 Å². The first-order chi connectivity index (χ1) is 10.2. The molecule has 1 aromatic heterocycles. The topological polar surface area (TPSA) is 47.0 Å². The van der Waals surface area contributed by atoms with E-state index in [0.717, 1.165) is 6.07 Å². The smallest absolute Gasteiger partial charge is 0.232 e. The van der Waals surface area contributed by atoms with Crippen LogP contribution >= 0.6 is 0 Å². The van der Waals surface area contributed by atoms with E-state index < -0.39 is 11.6 Å². The van der Waals surface area contributed by atoms with Gasteiger partial charge in [-0.3, -0.25) is 0 Å². The van der Waals surface area contributed by atoms with E-state index >= 15 is 0 Å². The van der Waals surface area contributed by atoms with Crippen LogP contribution in [0.2, 0.25) is 0 Å². The van der Waals surface area contributed by atoms with Gasteiger partial charge in [0, 0.05) is 7.05 Å². The van der Waals surface area contributed by atoms with E-state index in [9.17, 15) is 8.78 Å². The fourth-order valence-corrected chi connectivity index (χ4v) is 1.90. The molecule has 3 rings (SSSR count). The zero-order valence-corrected chi connectivity index (χ0v) is 11.1. The number of halogens is 2. The van der Waals surface area contributed by atoms with Crippen LogP contribution in [0.1, 0.15) is 0 Å². The van der Waals surface area contributed by atoms with Gasteiger partial charge in [0.15, 0.2) is 11.6 Å². The molecule has 0 amide bonds. The van der Waals surface area contributed by atoms with Crippen molar-refractivity contribution < 1.29 is 13.5 Å². The maximum atomic E-state index is 13.7. The summed E-state index contributed by atoms with van der Waals surface area (Å²) >= 11 is 0. The molecule has 0 aliphatic heterocycles. The predicted octanol–water partition coefficient (Wildman–Crippen LogP) is 3.74. The lowest BCUT2D eigenvalue weighted by molar-refractivity contribution is 0.409. The number of para-hydroxylation sites is 1. The normalized spacial score (nSPS) is 10.6. The van der Waals surface area contributed by atoms with Gasteiger partial charge in [0.2, 0.25) is 17.6 Å². The highest BCUT2D eigenvalue weighted by atomic mass is 19.2. The Kier molecular flexibility index (Phi) is 3.35. The molecule has 0 fully saturated rings. The molecule has 0 atom stereocenters. The number of hydrogen-bond donors (Lipinski definition) is 1. The van der Waals surface area contributed by atoms with Crippen LogP contribution in [0, 0.1) is 11.6 Å². The zero-order valence-electron chi connectivity index (χ0n) is 11.1. The summed E-state index contributed by atoms with van der Waals surface area (Å²) in [5.74, 6) is -1.75. The minimum atomic E-state index is -1.05. The van der Waals surface area contributed by atoms with Crippen LogP contribution in [-0.2, 0) is 0 Å². The van der Waals surface area contributed by atoms with E-state index in [-0.39, 0.29) is 11.6 Å². The number of fused-ring (bicyclic) bond motifs is 1. The Bertz CT molecular complexity index is 808. The molecule has 0 saturated heterocycles. The SMILES string of the molecule is CNc1nc(Oc2cccc(F)c2F)c2ccccc2n1. The Morgan fingerprint density at radius 3 is 2.62 bits per heavy atom. The van der Waals surface area contributed by atoms with Gasteiger partial charge in [0.1, 0.15) is 0 Å². The summed E-state index contributed by atoms with van der Waals surface area (Å²) in [4.78, 5) is 8.42. The number of ether oxygens (including phenoxy) is 1. The van der Waals surface area contributed by atoms with Crippen molar-refractivity contribution in [2.75, 3.05) is 12.4 Å². The Balaban J connectivity index is 2.13. The maximum absolute atomic E-state index is 13.7. The molecule has 1 heterocycles. The molecule has 0 radical (unpaired) electrons. The molecular weight excluding hydrogens is 276 g/mol. The summed E-state index contributed by atoms with van der Waals surface area (Å²) in [7, 11) is 1.66. The van der Waals surface area contributed by atoms with Crippen molar-refractivity contribution in [3.8, 4) is 11.6 Å². The summed E-state index contributed by atoms with van der Waals surface area (Å²) in [5, 5.41) is 3.41. The maximum Gasteiger partial charge on any atom is 0.232 e. The van der Waals surface area contributed by atoms with Crippen LogP contribution in [0.25, 0.3) is 10.9 Å². The number of nitrogens with one attached hydrogen (secondary N) is 1. The predicted molar refractivity (Wildman–Crippen MR) is 75.5 cm³/mol. The van der Waals surface area contributed by atoms with Crippen LogP contribution in [0.15, 0.2) is 42.5 Å². The average molecular weight is 287 g/mol. The first kappa shape index (κ1) is 13.2. The lowest BCUT2D eigenvalue weighted by Crippen LogP contribution is -2.00. The van der Waals surface area contributed by atoms with Crippen molar-refractivity contribution in [3.05, 3.63) is 54.1 Å². The van der Waals surface area contributed by atoms with Crippen LogP contribution < -0.4 is 10.1 Å². The van der Waals surface area contributed by atoms with Crippen molar-refractivity contribution in [1.29, 1.82) is 0 Å². The van der Waals surface area contributed by atoms with Gasteiger partial charge in [-0.1, -0.05) is 18.2 Å². The molecule has 1 N–H and O–H groups in total. The van der Waals surface area contributed by atoms with Crippen molar-refractivity contribution in [2.24, 2.45) is 0 Å². The Hall–Kier alpha value is -2.76. The Morgan fingerprint density at radius 2 is 1.81 bits per heavy atom. The molecule has 0 unspecified atom stereocenters. The number of hydrogen-bond acceptors (Lipinski definition) is 4. The number of benzene rings is 2. The van der Waals surface area contributed by atoms with E-state index in [1.165, 1.54) is 12.1 Å².